The van der Waals surface area contributed by atoms with Crippen molar-refractivity contribution in [3.05, 3.63) is 28.3 Å². The van der Waals surface area contributed by atoms with Crippen molar-refractivity contribution in [3.8, 4) is 5.75 Å². The van der Waals surface area contributed by atoms with Gasteiger partial charge in [-0.05, 0) is 37.5 Å². The SMILES string of the molecule is COc1cc(C2(N=C=O)CCCC2)c(Cl)cc1C. The van der Waals surface area contributed by atoms with Crippen molar-refractivity contribution in [2.75, 3.05) is 7.11 Å². The van der Waals surface area contributed by atoms with Gasteiger partial charge >= 0.3 is 0 Å². The smallest absolute Gasteiger partial charge is 0.235 e. The van der Waals surface area contributed by atoms with Crippen LogP contribution in [0.4, 0.5) is 0 Å². The highest BCUT2D eigenvalue weighted by Gasteiger charge is 2.37. The summed E-state index contributed by atoms with van der Waals surface area (Å²) in [6.07, 6.45) is 5.49. The van der Waals surface area contributed by atoms with Crippen molar-refractivity contribution in [2.24, 2.45) is 4.99 Å². The molecule has 1 aromatic rings. The third-order valence-corrected chi connectivity index (χ3v) is 3.99. The average molecular weight is 266 g/mol. The number of isocyanates is 1. The highest BCUT2D eigenvalue weighted by Crippen LogP contribution is 2.46. The number of ether oxygens (including phenoxy) is 1. The normalized spacial score (nSPS) is 17.3. The Morgan fingerprint density at radius 1 is 1.39 bits per heavy atom. The van der Waals surface area contributed by atoms with Crippen LogP contribution in [0.1, 0.15) is 36.8 Å². The highest BCUT2D eigenvalue weighted by atomic mass is 35.5. The van der Waals surface area contributed by atoms with Gasteiger partial charge in [0.05, 0.1) is 12.6 Å². The van der Waals surface area contributed by atoms with E-state index >= 15 is 0 Å². The van der Waals surface area contributed by atoms with Crippen LogP contribution in [-0.4, -0.2) is 13.2 Å². The maximum Gasteiger partial charge on any atom is 0.235 e. The Hall–Kier alpha value is -1.31. The standard InChI is InChI=1S/C14H16ClNO2/c1-10-7-12(15)11(8-13(10)18-2)14(16-9-17)5-3-4-6-14/h7-8H,3-6H2,1-2H3. The molecule has 1 saturated carbocycles. The van der Waals surface area contributed by atoms with Crippen molar-refractivity contribution in [1.82, 2.24) is 0 Å². The van der Waals surface area contributed by atoms with E-state index in [0.717, 1.165) is 42.6 Å². The van der Waals surface area contributed by atoms with Crippen LogP contribution >= 0.6 is 11.6 Å². The second-order valence-electron chi connectivity index (χ2n) is 4.74. The summed E-state index contributed by atoms with van der Waals surface area (Å²) < 4.78 is 5.32. The maximum atomic E-state index is 10.7. The summed E-state index contributed by atoms with van der Waals surface area (Å²) in [7, 11) is 1.63. The van der Waals surface area contributed by atoms with Gasteiger partial charge in [0.25, 0.3) is 0 Å². The lowest BCUT2D eigenvalue weighted by Gasteiger charge is -2.25. The van der Waals surface area contributed by atoms with Crippen LogP contribution in [0.25, 0.3) is 0 Å². The summed E-state index contributed by atoms with van der Waals surface area (Å²) in [6, 6.07) is 3.78. The number of nitrogens with zero attached hydrogens (tertiary/aromatic N) is 1. The van der Waals surface area contributed by atoms with E-state index in [4.69, 9.17) is 16.3 Å². The van der Waals surface area contributed by atoms with E-state index in [1.807, 2.05) is 19.1 Å². The molecular formula is C14H16ClNO2. The third-order valence-electron chi connectivity index (χ3n) is 3.68. The van der Waals surface area contributed by atoms with Crippen molar-refractivity contribution in [1.29, 1.82) is 0 Å². The zero-order chi connectivity index (χ0) is 13.2. The van der Waals surface area contributed by atoms with E-state index < -0.39 is 5.54 Å². The molecule has 0 aromatic heterocycles. The molecule has 0 amide bonds. The molecule has 0 spiro atoms. The minimum atomic E-state index is -0.500. The molecule has 3 nitrogen and oxygen atoms in total. The molecule has 4 heteroatoms. The molecule has 1 fully saturated rings. The van der Waals surface area contributed by atoms with E-state index in [9.17, 15) is 4.79 Å². The Morgan fingerprint density at radius 2 is 2.06 bits per heavy atom. The number of halogens is 1. The summed E-state index contributed by atoms with van der Waals surface area (Å²) in [4.78, 5) is 14.8. The fourth-order valence-corrected chi connectivity index (χ4v) is 3.11. The first-order valence-corrected chi connectivity index (χ1v) is 6.44. The van der Waals surface area contributed by atoms with Gasteiger partial charge in [-0.25, -0.2) is 4.79 Å². The number of methoxy groups -OCH3 is 1. The molecular weight excluding hydrogens is 250 g/mol. The minimum absolute atomic E-state index is 0.500. The number of hydrogen-bond acceptors (Lipinski definition) is 3. The summed E-state index contributed by atoms with van der Waals surface area (Å²) in [5, 5.41) is 0.647. The van der Waals surface area contributed by atoms with Gasteiger partial charge in [0.2, 0.25) is 6.08 Å². The van der Waals surface area contributed by atoms with Gasteiger partial charge < -0.3 is 4.74 Å². The lowest BCUT2D eigenvalue weighted by Crippen LogP contribution is -2.19. The summed E-state index contributed by atoms with van der Waals surface area (Å²) in [6.45, 7) is 1.94. The molecule has 0 aliphatic heterocycles. The lowest BCUT2D eigenvalue weighted by atomic mass is 9.88. The number of benzene rings is 1. The van der Waals surface area contributed by atoms with Gasteiger partial charge in [-0.15, -0.1) is 0 Å². The first-order valence-electron chi connectivity index (χ1n) is 6.06. The second kappa shape index (κ2) is 5.13. The number of carbonyl (C=O) groups excluding carboxylic acids is 1. The molecule has 0 heterocycles. The van der Waals surface area contributed by atoms with Crippen LogP contribution in [0.5, 0.6) is 5.75 Å². The van der Waals surface area contributed by atoms with Crippen LogP contribution in [-0.2, 0) is 10.3 Å². The second-order valence-corrected chi connectivity index (χ2v) is 5.15. The predicted octanol–water partition coefficient (Wildman–Crippen LogP) is 3.76. The Balaban J connectivity index is 2.57. The zero-order valence-corrected chi connectivity index (χ0v) is 11.4. The van der Waals surface area contributed by atoms with Crippen molar-refractivity contribution in [2.45, 2.75) is 38.1 Å². The Kier molecular flexibility index (Phi) is 3.74. The largest absolute Gasteiger partial charge is 0.496 e. The molecule has 0 saturated heterocycles. The Morgan fingerprint density at radius 3 is 2.61 bits per heavy atom. The Bertz CT molecular complexity index is 501. The molecule has 1 aromatic carbocycles. The van der Waals surface area contributed by atoms with Crippen LogP contribution in [0.15, 0.2) is 17.1 Å². The molecule has 0 radical (unpaired) electrons. The molecule has 96 valence electrons. The first kappa shape index (κ1) is 13.1. The molecule has 2 rings (SSSR count). The van der Waals surface area contributed by atoms with Crippen LogP contribution < -0.4 is 4.74 Å². The molecule has 0 unspecified atom stereocenters. The van der Waals surface area contributed by atoms with Gasteiger partial charge in [-0.2, -0.15) is 4.99 Å². The fraction of sp³-hybridized carbons (Fsp3) is 0.500. The van der Waals surface area contributed by atoms with Crippen molar-refractivity contribution in [3.63, 3.8) is 0 Å². The summed E-state index contributed by atoms with van der Waals surface area (Å²) in [5.41, 5.74) is 1.36. The number of aryl methyl sites for hydroxylation is 1. The van der Waals surface area contributed by atoms with Gasteiger partial charge in [0.15, 0.2) is 0 Å². The maximum absolute atomic E-state index is 10.7. The molecule has 0 bridgehead atoms. The molecule has 1 aliphatic rings. The number of rotatable bonds is 3. The van der Waals surface area contributed by atoms with E-state index in [1.54, 1.807) is 13.2 Å². The van der Waals surface area contributed by atoms with Crippen molar-refractivity contribution < 1.29 is 9.53 Å². The monoisotopic (exact) mass is 265 g/mol. The number of hydrogen-bond donors (Lipinski definition) is 0. The summed E-state index contributed by atoms with van der Waals surface area (Å²) in [5.74, 6) is 0.779. The Labute approximate surface area is 112 Å². The van der Waals surface area contributed by atoms with Crippen LogP contribution in [0.3, 0.4) is 0 Å². The fourth-order valence-electron chi connectivity index (χ4n) is 2.72. The van der Waals surface area contributed by atoms with E-state index in [-0.39, 0.29) is 0 Å². The summed E-state index contributed by atoms with van der Waals surface area (Å²) >= 11 is 6.32. The van der Waals surface area contributed by atoms with Crippen molar-refractivity contribution >= 4 is 17.7 Å². The minimum Gasteiger partial charge on any atom is -0.496 e. The average Bonchev–Trinajstić information content (AvgIpc) is 2.79. The number of aliphatic imine (C=N–C) groups is 1. The van der Waals surface area contributed by atoms with Crippen LogP contribution in [0.2, 0.25) is 5.02 Å². The quantitative estimate of drug-likeness (QED) is 0.616. The molecule has 0 atom stereocenters. The topological polar surface area (TPSA) is 38.7 Å². The highest BCUT2D eigenvalue weighted by molar-refractivity contribution is 6.31. The predicted molar refractivity (Wildman–Crippen MR) is 71.0 cm³/mol. The molecule has 18 heavy (non-hydrogen) atoms. The molecule has 0 N–H and O–H groups in total. The van der Waals surface area contributed by atoms with Gasteiger partial charge in [0.1, 0.15) is 5.75 Å². The van der Waals surface area contributed by atoms with Gasteiger partial charge in [-0.1, -0.05) is 24.4 Å². The first-order chi connectivity index (χ1) is 8.63. The lowest BCUT2D eigenvalue weighted by molar-refractivity contribution is 0.405. The van der Waals surface area contributed by atoms with E-state index in [0.29, 0.717) is 5.02 Å². The van der Waals surface area contributed by atoms with Gasteiger partial charge in [0, 0.05) is 10.6 Å². The third kappa shape index (κ3) is 2.16. The van der Waals surface area contributed by atoms with Gasteiger partial charge in [-0.3, -0.25) is 0 Å². The van der Waals surface area contributed by atoms with E-state index in [2.05, 4.69) is 4.99 Å². The zero-order valence-electron chi connectivity index (χ0n) is 10.6. The van der Waals surface area contributed by atoms with E-state index in [1.165, 1.54) is 0 Å². The molecule has 1 aliphatic carbocycles. The van der Waals surface area contributed by atoms with Crippen LogP contribution in [0, 0.1) is 6.92 Å².